The third-order valence-electron chi connectivity index (χ3n) is 3.16. The van der Waals surface area contributed by atoms with Crippen LogP contribution < -0.4 is 5.32 Å². The predicted molar refractivity (Wildman–Crippen MR) is 70.4 cm³/mol. The molecule has 0 amide bonds. The molecule has 1 fully saturated rings. The van der Waals surface area contributed by atoms with Gasteiger partial charge in [-0.3, -0.25) is 14.3 Å². The Balaban J connectivity index is 1.96. The second-order valence-corrected chi connectivity index (χ2v) is 6.06. The molecule has 0 radical (unpaired) electrons. The molecular weight excluding hydrogens is 268 g/mol. The molecule has 7 nitrogen and oxygen atoms in total. The Morgan fingerprint density at radius 1 is 1.47 bits per heavy atom. The van der Waals surface area contributed by atoms with Gasteiger partial charge in [0, 0.05) is 18.7 Å². The normalized spacial score (nSPS) is 20.7. The minimum absolute atomic E-state index is 0.00369. The van der Waals surface area contributed by atoms with Crippen LogP contribution in [0.25, 0.3) is 11.0 Å². The van der Waals surface area contributed by atoms with Crippen molar-refractivity contribution in [1.29, 1.82) is 0 Å². The third kappa shape index (κ3) is 2.24. The highest BCUT2D eigenvalue weighted by molar-refractivity contribution is 7.85. The van der Waals surface area contributed by atoms with Gasteiger partial charge in [0.25, 0.3) is 5.69 Å². The zero-order chi connectivity index (χ0) is 13.4. The molecule has 2 atom stereocenters. The van der Waals surface area contributed by atoms with E-state index in [-0.39, 0.29) is 10.9 Å². The Kier molecular flexibility index (Phi) is 3.03. The van der Waals surface area contributed by atoms with Gasteiger partial charge in [-0.2, -0.15) is 0 Å². The summed E-state index contributed by atoms with van der Waals surface area (Å²) >= 11 is 0. The predicted octanol–water partition coefficient (Wildman–Crippen LogP) is 0.941. The molecule has 0 saturated carbocycles. The number of imidazole rings is 1. The summed E-state index contributed by atoms with van der Waals surface area (Å²) in [6, 6.07) is 4.38. The molecule has 1 aromatic carbocycles. The van der Waals surface area contributed by atoms with Gasteiger partial charge >= 0.3 is 0 Å². The first-order valence-corrected chi connectivity index (χ1v) is 7.12. The maximum atomic E-state index is 12.3. The Labute approximate surface area is 111 Å². The number of benzene rings is 1. The lowest BCUT2D eigenvalue weighted by atomic mass is 10.3. The molecular formula is C11H12N4O3S. The molecule has 2 heterocycles. The van der Waals surface area contributed by atoms with Gasteiger partial charge in [0.15, 0.2) is 5.16 Å². The SMILES string of the molecule is O=[N+]([O-])c1ccc2nc([S@](=O)[C@H]3CCNC3)[nH]c2c1. The van der Waals surface area contributed by atoms with Crippen molar-refractivity contribution in [3.8, 4) is 0 Å². The molecule has 2 N–H and O–H groups in total. The molecule has 0 bridgehead atoms. The van der Waals surface area contributed by atoms with Crippen LogP contribution in [-0.2, 0) is 10.8 Å². The van der Waals surface area contributed by atoms with E-state index >= 15 is 0 Å². The fourth-order valence-electron chi connectivity index (χ4n) is 2.15. The Morgan fingerprint density at radius 2 is 2.32 bits per heavy atom. The molecule has 100 valence electrons. The van der Waals surface area contributed by atoms with E-state index in [2.05, 4.69) is 15.3 Å². The number of nitrogens with one attached hydrogen (secondary N) is 2. The van der Waals surface area contributed by atoms with Crippen LogP contribution in [0.4, 0.5) is 5.69 Å². The van der Waals surface area contributed by atoms with Crippen molar-refractivity contribution in [3.63, 3.8) is 0 Å². The molecule has 1 aliphatic rings. The van der Waals surface area contributed by atoms with Gasteiger partial charge in [-0.15, -0.1) is 0 Å². The summed E-state index contributed by atoms with van der Waals surface area (Å²) in [7, 11) is -1.21. The molecule has 3 rings (SSSR count). The Hall–Kier alpha value is -1.80. The number of H-pyrrole nitrogens is 1. The number of aromatic amines is 1. The van der Waals surface area contributed by atoms with Crippen molar-refractivity contribution in [2.75, 3.05) is 13.1 Å². The highest BCUT2D eigenvalue weighted by Gasteiger charge is 2.24. The van der Waals surface area contributed by atoms with Crippen LogP contribution in [0, 0.1) is 10.1 Å². The Bertz CT molecular complexity index is 663. The van der Waals surface area contributed by atoms with Crippen molar-refractivity contribution in [3.05, 3.63) is 28.3 Å². The minimum Gasteiger partial charge on any atom is -0.331 e. The first-order valence-electron chi connectivity index (χ1n) is 5.90. The van der Waals surface area contributed by atoms with Crippen LogP contribution in [0.2, 0.25) is 0 Å². The van der Waals surface area contributed by atoms with Crippen molar-refractivity contribution in [1.82, 2.24) is 15.3 Å². The van der Waals surface area contributed by atoms with E-state index in [0.717, 1.165) is 13.0 Å². The molecule has 0 unspecified atom stereocenters. The standard InChI is InChI=1S/C11H12N4O3S/c16-15(17)7-1-2-9-10(5-7)14-11(13-9)19(18)8-3-4-12-6-8/h1-2,5,8,12H,3-4,6H2,(H,13,14)/t8-,19+/m0/s1. The number of nitro groups is 1. The summed E-state index contributed by atoms with van der Waals surface area (Å²) in [5, 5.41) is 14.3. The number of aromatic nitrogens is 2. The molecule has 1 saturated heterocycles. The van der Waals surface area contributed by atoms with Gasteiger partial charge in [0.05, 0.1) is 32.0 Å². The summed E-state index contributed by atoms with van der Waals surface area (Å²) in [4.78, 5) is 17.4. The Morgan fingerprint density at radius 3 is 3.00 bits per heavy atom. The van der Waals surface area contributed by atoms with Crippen LogP contribution >= 0.6 is 0 Å². The number of hydrogen-bond donors (Lipinski definition) is 2. The average molecular weight is 280 g/mol. The van der Waals surface area contributed by atoms with Crippen LogP contribution in [-0.4, -0.2) is 37.4 Å². The number of hydrogen-bond acceptors (Lipinski definition) is 5. The number of nitrogens with zero attached hydrogens (tertiary/aromatic N) is 2. The van der Waals surface area contributed by atoms with Gasteiger partial charge in [-0.05, 0) is 19.0 Å². The van der Waals surface area contributed by atoms with E-state index in [0.29, 0.717) is 22.7 Å². The number of rotatable bonds is 3. The van der Waals surface area contributed by atoms with Crippen LogP contribution in [0.15, 0.2) is 23.4 Å². The molecule has 1 aliphatic heterocycles. The van der Waals surface area contributed by atoms with E-state index in [9.17, 15) is 14.3 Å². The van der Waals surface area contributed by atoms with E-state index in [1.807, 2.05) is 0 Å². The monoisotopic (exact) mass is 280 g/mol. The molecule has 19 heavy (non-hydrogen) atoms. The fourth-order valence-corrected chi connectivity index (χ4v) is 3.47. The molecule has 0 aliphatic carbocycles. The van der Waals surface area contributed by atoms with Crippen LogP contribution in [0.3, 0.4) is 0 Å². The van der Waals surface area contributed by atoms with Crippen LogP contribution in [0.1, 0.15) is 6.42 Å². The number of non-ortho nitro benzene ring substituents is 1. The summed E-state index contributed by atoms with van der Waals surface area (Å²) in [6.45, 7) is 1.58. The lowest BCUT2D eigenvalue weighted by Crippen LogP contribution is -2.19. The van der Waals surface area contributed by atoms with Gasteiger partial charge in [0.1, 0.15) is 0 Å². The summed E-state index contributed by atoms with van der Waals surface area (Å²) in [6.07, 6.45) is 0.851. The summed E-state index contributed by atoms with van der Waals surface area (Å²) in [5.41, 5.74) is 1.14. The van der Waals surface area contributed by atoms with Crippen LogP contribution in [0.5, 0.6) is 0 Å². The van der Waals surface area contributed by atoms with Crippen molar-refractivity contribution >= 4 is 27.5 Å². The zero-order valence-corrected chi connectivity index (χ0v) is 10.8. The molecule has 0 spiro atoms. The third-order valence-corrected chi connectivity index (χ3v) is 4.75. The van der Waals surface area contributed by atoms with Gasteiger partial charge in [-0.1, -0.05) is 0 Å². The van der Waals surface area contributed by atoms with E-state index in [4.69, 9.17) is 0 Å². The smallest absolute Gasteiger partial charge is 0.271 e. The first kappa shape index (κ1) is 12.2. The van der Waals surface area contributed by atoms with E-state index in [1.165, 1.54) is 12.1 Å². The molecule has 2 aromatic rings. The highest BCUT2D eigenvalue weighted by Crippen LogP contribution is 2.21. The highest BCUT2D eigenvalue weighted by atomic mass is 32.2. The topological polar surface area (TPSA) is 101 Å². The van der Waals surface area contributed by atoms with Gasteiger partial charge in [-0.25, -0.2) is 4.98 Å². The zero-order valence-electron chi connectivity index (χ0n) is 9.96. The lowest BCUT2D eigenvalue weighted by molar-refractivity contribution is -0.384. The minimum atomic E-state index is -1.21. The second kappa shape index (κ2) is 4.71. The molecule has 8 heteroatoms. The van der Waals surface area contributed by atoms with E-state index in [1.54, 1.807) is 6.07 Å². The first-order chi connectivity index (χ1) is 9.15. The fraction of sp³-hybridized carbons (Fsp3) is 0.364. The summed E-state index contributed by atoms with van der Waals surface area (Å²) in [5.74, 6) is 0. The maximum absolute atomic E-state index is 12.3. The molecule has 1 aromatic heterocycles. The maximum Gasteiger partial charge on any atom is 0.271 e. The van der Waals surface area contributed by atoms with Crippen molar-refractivity contribution in [2.24, 2.45) is 0 Å². The largest absolute Gasteiger partial charge is 0.331 e. The summed E-state index contributed by atoms with van der Waals surface area (Å²) < 4.78 is 12.3. The quantitative estimate of drug-likeness (QED) is 0.643. The van der Waals surface area contributed by atoms with Gasteiger partial charge < -0.3 is 10.3 Å². The average Bonchev–Trinajstić information content (AvgIpc) is 3.06. The number of fused-ring (bicyclic) bond motifs is 1. The van der Waals surface area contributed by atoms with E-state index < -0.39 is 15.7 Å². The van der Waals surface area contributed by atoms with Crippen molar-refractivity contribution in [2.45, 2.75) is 16.8 Å². The van der Waals surface area contributed by atoms with Crippen molar-refractivity contribution < 1.29 is 9.13 Å². The lowest BCUT2D eigenvalue weighted by Gasteiger charge is -2.04. The van der Waals surface area contributed by atoms with Gasteiger partial charge in [0.2, 0.25) is 0 Å². The second-order valence-electron chi connectivity index (χ2n) is 4.41. The number of nitro benzene ring substituents is 1.